The Hall–Kier alpha value is -1.24. The normalized spacial score (nSPS) is 10.5. The molecular weight excluding hydrogens is 276 g/mol. The van der Waals surface area contributed by atoms with Crippen LogP contribution in [0.1, 0.15) is 5.56 Å². The molecule has 0 unspecified atom stereocenters. The summed E-state index contributed by atoms with van der Waals surface area (Å²) in [7, 11) is 0. The summed E-state index contributed by atoms with van der Waals surface area (Å²) in [5, 5.41) is 10.5. The number of ether oxygens (including phenoxy) is 1. The van der Waals surface area contributed by atoms with Crippen LogP contribution in [0.25, 0.3) is 0 Å². The average molecular weight is 282 g/mol. The van der Waals surface area contributed by atoms with Gasteiger partial charge in [0.15, 0.2) is 0 Å². The van der Waals surface area contributed by atoms with Gasteiger partial charge in [-0.3, -0.25) is 10.1 Å². The highest BCUT2D eigenvalue weighted by atomic mass is 79.9. The summed E-state index contributed by atoms with van der Waals surface area (Å²) in [6.07, 6.45) is 0. The molecule has 0 aliphatic carbocycles. The first-order chi connectivity index (χ1) is 6.93. The van der Waals surface area contributed by atoms with Crippen LogP contribution in [-0.2, 0) is 0 Å². The lowest BCUT2D eigenvalue weighted by atomic mass is 10.2. The lowest BCUT2D eigenvalue weighted by Crippen LogP contribution is -2.03. The molecule has 1 aromatic carbocycles. The maximum atomic E-state index is 11.9. The van der Waals surface area contributed by atoms with Crippen molar-refractivity contribution in [3.05, 3.63) is 32.3 Å². The monoisotopic (exact) mass is 281 g/mol. The van der Waals surface area contributed by atoms with Crippen LogP contribution in [0.15, 0.2) is 16.6 Å². The Morgan fingerprint density at radius 3 is 2.60 bits per heavy atom. The SMILES string of the molecule is Cc1c([N+](=O)[O-])ccc(OC(F)F)c1Br. The molecule has 0 N–H and O–H groups in total. The molecule has 0 aromatic heterocycles. The molecule has 0 fully saturated rings. The summed E-state index contributed by atoms with van der Waals surface area (Å²) in [6.45, 7) is -1.51. The maximum Gasteiger partial charge on any atom is 0.387 e. The molecule has 0 amide bonds. The van der Waals surface area contributed by atoms with Crippen LogP contribution in [-0.4, -0.2) is 11.5 Å². The average Bonchev–Trinajstić information content (AvgIpc) is 2.12. The number of alkyl halides is 2. The molecule has 0 saturated carbocycles. The highest BCUT2D eigenvalue weighted by Gasteiger charge is 2.18. The molecule has 0 saturated heterocycles. The Morgan fingerprint density at radius 2 is 2.13 bits per heavy atom. The largest absolute Gasteiger partial charge is 0.434 e. The summed E-state index contributed by atoms with van der Waals surface area (Å²) in [6, 6.07) is 2.25. The van der Waals surface area contributed by atoms with Crippen molar-refractivity contribution in [3.63, 3.8) is 0 Å². The fourth-order valence-corrected chi connectivity index (χ4v) is 1.46. The Kier molecular flexibility index (Phi) is 3.57. The molecule has 15 heavy (non-hydrogen) atoms. The lowest BCUT2D eigenvalue weighted by molar-refractivity contribution is -0.385. The minimum absolute atomic E-state index is 0.117. The molecule has 0 aliphatic rings. The van der Waals surface area contributed by atoms with Crippen molar-refractivity contribution in [2.75, 3.05) is 0 Å². The summed E-state index contributed by atoms with van der Waals surface area (Å²) in [4.78, 5) is 9.91. The maximum absolute atomic E-state index is 11.9. The minimum atomic E-state index is -2.96. The topological polar surface area (TPSA) is 52.4 Å². The van der Waals surface area contributed by atoms with Crippen molar-refractivity contribution in [1.82, 2.24) is 0 Å². The smallest absolute Gasteiger partial charge is 0.387 e. The van der Waals surface area contributed by atoms with Crippen LogP contribution in [0.2, 0.25) is 0 Å². The standard InChI is InChI=1S/C8H6BrF2NO3/c1-4-5(12(13)14)2-3-6(7(4)9)15-8(10)11/h2-3,8H,1H3. The van der Waals surface area contributed by atoms with Gasteiger partial charge in [0, 0.05) is 11.6 Å². The third-order valence-corrected chi connectivity index (χ3v) is 2.72. The van der Waals surface area contributed by atoms with Gasteiger partial charge in [-0.05, 0) is 28.9 Å². The molecule has 0 radical (unpaired) electrons. The Labute approximate surface area is 92.1 Å². The number of hydrogen-bond donors (Lipinski definition) is 0. The lowest BCUT2D eigenvalue weighted by Gasteiger charge is -2.08. The zero-order chi connectivity index (χ0) is 11.6. The summed E-state index contributed by atoms with van der Waals surface area (Å²) >= 11 is 2.97. The van der Waals surface area contributed by atoms with E-state index in [1.807, 2.05) is 0 Å². The van der Waals surface area contributed by atoms with Gasteiger partial charge in [0.1, 0.15) is 5.75 Å². The molecule has 0 heterocycles. The number of nitro benzene ring substituents is 1. The highest BCUT2D eigenvalue weighted by Crippen LogP contribution is 2.34. The molecule has 1 aromatic rings. The van der Waals surface area contributed by atoms with Crippen LogP contribution in [0.5, 0.6) is 5.75 Å². The third kappa shape index (κ3) is 2.62. The van der Waals surface area contributed by atoms with E-state index in [2.05, 4.69) is 20.7 Å². The minimum Gasteiger partial charge on any atom is -0.434 e. The molecule has 0 spiro atoms. The van der Waals surface area contributed by atoms with E-state index in [0.29, 0.717) is 0 Å². The quantitative estimate of drug-likeness (QED) is 0.631. The number of halogens is 3. The molecule has 0 aliphatic heterocycles. The van der Waals surface area contributed by atoms with Gasteiger partial charge < -0.3 is 4.74 Å². The first-order valence-electron chi connectivity index (χ1n) is 3.81. The van der Waals surface area contributed by atoms with E-state index in [4.69, 9.17) is 0 Å². The van der Waals surface area contributed by atoms with E-state index < -0.39 is 11.5 Å². The molecule has 82 valence electrons. The van der Waals surface area contributed by atoms with Gasteiger partial charge in [0.25, 0.3) is 5.69 Å². The second-order valence-electron chi connectivity index (χ2n) is 2.66. The van der Waals surface area contributed by atoms with Crippen molar-refractivity contribution in [2.24, 2.45) is 0 Å². The molecular formula is C8H6BrF2NO3. The summed E-state index contributed by atoms with van der Waals surface area (Å²) in [5.41, 5.74) is 0.0987. The van der Waals surface area contributed by atoms with Crippen molar-refractivity contribution < 1.29 is 18.4 Å². The second-order valence-corrected chi connectivity index (χ2v) is 3.45. The van der Waals surface area contributed by atoms with E-state index in [1.165, 1.54) is 6.92 Å². The van der Waals surface area contributed by atoms with Gasteiger partial charge in [0.05, 0.1) is 9.40 Å². The molecule has 4 nitrogen and oxygen atoms in total. The van der Waals surface area contributed by atoms with Gasteiger partial charge in [-0.15, -0.1) is 0 Å². The van der Waals surface area contributed by atoms with Gasteiger partial charge in [-0.2, -0.15) is 8.78 Å². The van der Waals surface area contributed by atoms with Gasteiger partial charge in [-0.1, -0.05) is 0 Å². The van der Waals surface area contributed by atoms with Gasteiger partial charge in [-0.25, -0.2) is 0 Å². The molecule has 0 atom stereocenters. The van der Waals surface area contributed by atoms with Gasteiger partial charge >= 0.3 is 6.61 Å². The van der Waals surface area contributed by atoms with E-state index in [0.717, 1.165) is 12.1 Å². The van der Waals surface area contributed by atoms with Gasteiger partial charge in [0.2, 0.25) is 0 Å². The van der Waals surface area contributed by atoms with E-state index in [1.54, 1.807) is 0 Å². The Morgan fingerprint density at radius 1 is 1.53 bits per heavy atom. The number of hydrogen-bond acceptors (Lipinski definition) is 3. The molecule has 0 bridgehead atoms. The number of nitrogens with zero attached hydrogens (tertiary/aromatic N) is 1. The Bertz CT molecular complexity index is 398. The van der Waals surface area contributed by atoms with Crippen molar-refractivity contribution in [3.8, 4) is 5.75 Å². The zero-order valence-electron chi connectivity index (χ0n) is 7.54. The van der Waals surface area contributed by atoms with Crippen LogP contribution >= 0.6 is 15.9 Å². The number of nitro groups is 1. The van der Waals surface area contributed by atoms with Crippen LogP contribution < -0.4 is 4.74 Å². The first kappa shape index (κ1) is 11.8. The van der Waals surface area contributed by atoms with Crippen molar-refractivity contribution in [2.45, 2.75) is 13.5 Å². The van der Waals surface area contributed by atoms with Crippen LogP contribution in [0.4, 0.5) is 14.5 Å². The highest BCUT2D eigenvalue weighted by molar-refractivity contribution is 9.10. The second kappa shape index (κ2) is 4.52. The Balaban J connectivity index is 3.15. The zero-order valence-corrected chi connectivity index (χ0v) is 9.12. The fraction of sp³-hybridized carbons (Fsp3) is 0.250. The molecule has 1 rings (SSSR count). The summed E-state index contributed by atoms with van der Waals surface area (Å²) < 4.78 is 28.2. The van der Waals surface area contributed by atoms with E-state index >= 15 is 0 Å². The molecule has 7 heteroatoms. The van der Waals surface area contributed by atoms with E-state index in [-0.39, 0.29) is 21.5 Å². The predicted octanol–water partition coefficient (Wildman–Crippen LogP) is 3.27. The van der Waals surface area contributed by atoms with Crippen molar-refractivity contribution in [1.29, 1.82) is 0 Å². The van der Waals surface area contributed by atoms with Crippen LogP contribution in [0, 0.1) is 17.0 Å². The first-order valence-corrected chi connectivity index (χ1v) is 4.61. The third-order valence-electron chi connectivity index (χ3n) is 1.74. The summed E-state index contributed by atoms with van der Waals surface area (Å²) in [5.74, 6) is -0.117. The fourth-order valence-electron chi connectivity index (χ4n) is 1.03. The van der Waals surface area contributed by atoms with E-state index in [9.17, 15) is 18.9 Å². The predicted molar refractivity (Wildman–Crippen MR) is 52.2 cm³/mol. The number of benzene rings is 1. The van der Waals surface area contributed by atoms with Crippen LogP contribution in [0.3, 0.4) is 0 Å². The van der Waals surface area contributed by atoms with Crippen molar-refractivity contribution >= 4 is 21.6 Å². The number of rotatable bonds is 3.